The van der Waals surface area contributed by atoms with Crippen LogP contribution in [0.25, 0.3) is 0 Å². The van der Waals surface area contributed by atoms with Gasteiger partial charge in [0.15, 0.2) is 0 Å². The Morgan fingerprint density at radius 1 is 1.08 bits per heavy atom. The van der Waals surface area contributed by atoms with E-state index in [1.165, 1.54) is 6.92 Å². The van der Waals surface area contributed by atoms with Crippen LogP contribution in [0.3, 0.4) is 0 Å². The van der Waals surface area contributed by atoms with Gasteiger partial charge in [0, 0.05) is 12.8 Å². The number of hydrogen-bond donors (Lipinski definition) is 1. The van der Waals surface area contributed by atoms with Gasteiger partial charge in [-0.1, -0.05) is 6.58 Å². The monoisotopic (exact) mass is 382 g/mol. The summed E-state index contributed by atoms with van der Waals surface area (Å²) in [4.78, 5) is 23.2. The summed E-state index contributed by atoms with van der Waals surface area (Å²) in [7, 11) is -1.11. The molecule has 7 heteroatoms. The van der Waals surface area contributed by atoms with Crippen molar-refractivity contribution in [2.75, 3.05) is 31.7 Å². The molecule has 0 saturated heterocycles. The molecule has 24 heavy (non-hydrogen) atoms. The Bertz CT molecular complexity index is 402. The lowest BCUT2D eigenvalue weighted by Gasteiger charge is -2.29. The topological polar surface area (TPSA) is 72.8 Å². The van der Waals surface area contributed by atoms with Crippen LogP contribution in [0, 0.1) is 0 Å². The number of esters is 2. The second-order valence-corrected chi connectivity index (χ2v) is 11.2. The first-order chi connectivity index (χ1) is 10.7. The van der Waals surface area contributed by atoms with Crippen molar-refractivity contribution in [2.24, 2.45) is 0 Å². The van der Waals surface area contributed by atoms with Gasteiger partial charge in [-0.2, -0.15) is 0 Å². The van der Waals surface area contributed by atoms with Crippen LogP contribution in [0.4, 0.5) is 0 Å². The molecule has 0 saturated carbocycles. The molecule has 0 aromatic carbocycles. The Hall–Kier alpha value is -0.640. The zero-order valence-electron chi connectivity index (χ0n) is 15.5. The van der Waals surface area contributed by atoms with E-state index in [2.05, 4.69) is 34.3 Å². The third-order valence-electron chi connectivity index (χ3n) is 4.48. The van der Waals surface area contributed by atoms with E-state index in [1.807, 2.05) is 0 Å². The van der Waals surface area contributed by atoms with Gasteiger partial charge < -0.3 is 27.0 Å². The number of hydrogen-bond acceptors (Lipinski definition) is 5. The standard InChI is InChI=1S/C17H32O5P.ClH/c1-7-23(8-2,9-3)14(6)10-16(19)21-11-15(18)12-22-17(20)13(4)5;/h14-15,18H,4,7-12H2,1-3,5-6H3;1H/q+1;/p-1. The van der Waals surface area contributed by atoms with E-state index in [0.717, 1.165) is 18.5 Å². The van der Waals surface area contributed by atoms with Gasteiger partial charge in [0.25, 0.3) is 0 Å². The van der Waals surface area contributed by atoms with Gasteiger partial charge in [0.2, 0.25) is 0 Å². The van der Waals surface area contributed by atoms with Crippen LogP contribution >= 0.6 is 7.26 Å². The Morgan fingerprint density at radius 3 is 1.96 bits per heavy atom. The molecule has 0 heterocycles. The fourth-order valence-corrected chi connectivity index (χ4v) is 6.38. The van der Waals surface area contributed by atoms with Crippen molar-refractivity contribution in [3.63, 3.8) is 0 Å². The van der Waals surface area contributed by atoms with E-state index >= 15 is 0 Å². The average Bonchev–Trinajstić information content (AvgIpc) is 2.52. The lowest BCUT2D eigenvalue weighted by molar-refractivity contribution is -0.150. The van der Waals surface area contributed by atoms with Crippen molar-refractivity contribution in [1.29, 1.82) is 0 Å². The molecule has 5 nitrogen and oxygen atoms in total. The first kappa shape index (κ1) is 25.6. The summed E-state index contributed by atoms with van der Waals surface area (Å²) in [6, 6.07) is 0. The van der Waals surface area contributed by atoms with Gasteiger partial charge in [-0.15, -0.1) is 0 Å². The van der Waals surface area contributed by atoms with Crippen LogP contribution < -0.4 is 12.4 Å². The summed E-state index contributed by atoms with van der Waals surface area (Å²) in [5.74, 6) is -0.866. The summed E-state index contributed by atoms with van der Waals surface area (Å²) < 4.78 is 9.92. The molecular weight excluding hydrogens is 351 g/mol. The van der Waals surface area contributed by atoms with Crippen LogP contribution in [0.15, 0.2) is 12.2 Å². The number of aliphatic hydroxyl groups is 1. The second kappa shape index (κ2) is 12.7. The quantitative estimate of drug-likeness (QED) is 0.306. The molecule has 0 rings (SSSR count). The maximum absolute atomic E-state index is 12.0. The molecule has 0 aliphatic heterocycles. The molecule has 0 aliphatic carbocycles. The molecule has 0 aliphatic rings. The van der Waals surface area contributed by atoms with E-state index in [1.54, 1.807) is 0 Å². The molecule has 2 unspecified atom stereocenters. The minimum absolute atomic E-state index is 0. The Labute approximate surface area is 152 Å². The molecule has 0 spiro atoms. The fraction of sp³-hybridized carbons (Fsp3) is 0.765. The predicted molar refractivity (Wildman–Crippen MR) is 95.4 cm³/mol. The molecule has 2 atom stereocenters. The van der Waals surface area contributed by atoms with Crippen LogP contribution in [-0.4, -0.2) is 60.5 Å². The molecule has 0 amide bonds. The van der Waals surface area contributed by atoms with Crippen molar-refractivity contribution in [3.05, 3.63) is 12.2 Å². The zero-order valence-corrected chi connectivity index (χ0v) is 17.2. The van der Waals surface area contributed by atoms with Crippen LogP contribution in [0.1, 0.15) is 41.0 Å². The highest BCUT2D eigenvalue weighted by molar-refractivity contribution is 7.76. The fourth-order valence-electron chi connectivity index (χ4n) is 2.63. The molecule has 142 valence electrons. The molecule has 1 N–H and O–H groups in total. The minimum Gasteiger partial charge on any atom is -1.00 e. The van der Waals surface area contributed by atoms with Crippen molar-refractivity contribution >= 4 is 19.2 Å². The van der Waals surface area contributed by atoms with Gasteiger partial charge >= 0.3 is 11.9 Å². The predicted octanol–water partition coefficient (Wildman–Crippen LogP) is -0.130. The third kappa shape index (κ3) is 8.46. The first-order valence-electron chi connectivity index (χ1n) is 8.24. The van der Waals surface area contributed by atoms with Crippen LogP contribution in [-0.2, 0) is 19.1 Å². The summed E-state index contributed by atoms with van der Waals surface area (Å²) in [6.45, 7) is 13.3. The Morgan fingerprint density at radius 2 is 1.54 bits per heavy atom. The third-order valence-corrected chi connectivity index (χ3v) is 10.3. The van der Waals surface area contributed by atoms with Gasteiger partial charge in [-0.25, -0.2) is 4.79 Å². The molecule has 0 aromatic rings. The lowest BCUT2D eigenvalue weighted by atomic mass is 10.3. The minimum atomic E-state index is -1.11. The number of rotatable bonds is 11. The van der Waals surface area contributed by atoms with Crippen molar-refractivity contribution in [2.45, 2.75) is 52.8 Å². The summed E-state index contributed by atoms with van der Waals surface area (Å²) >= 11 is 0. The number of ether oxygens (including phenoxy) is 2. The van der Waals surface area contributed by atoms with E-state index in [4.69, 9.17) is 9.47 Å². The summed E-state index contributed by atoms with van der Waals surface area (Å²) in [5.41, 5.74) is 0.593. The largest absolute Gasteiger partial charge is 1.00 e. The van der Waals surface area contributed by atoms with Crippen LogP contribution in [0.5, 0.6) is 0 Å². The summed E-state index contributed by atoms with van der Waals surface area (Å²) in [5, 5.41) is 9.68. The van der Waals surface area contributed by atoms with E-state index in [9.17, 15) is 14.7 Å². The molecule has 0 bridgehead atoms. The highest BCUT2D eigenvalue weighted by atomic mass is 35.5. The highest BCUT2D eigenvalue weighted by Gasteiger charge is 2.39. The van der Waals surface area contributed by atoms with Gasteiger partial charge in [-0.3, -0.25) is 4.79 Å². The normalized spacial score (nSPS) is 13.4. The zero-order chi connectivity index (χ0) is 18.0. The molecule has 0 aromatic heterocycles. The van der Waals surface area contributed by atoms with Gasteiger partial charge in [0.1, 0.15) is 19.3 Å². The number of halogens is 1. The van der Waals surface area contributed by atoms with Crippen molar-refractivity contribution in [3.8, 4) is 0 Å². The SMILES string of the molecule is C=C(C)C(=O)OCC(O)COC(=O)CC(C)[P+](CC)(CC)CC.[Cl-]. The van der Waals surface area contributed by atoms with Crippen molar-refractivity contribution in [1.82, 2.24) is 0 Å². The van der Waals surface area contributed by atoms with Gasteiger partial charge in [-0.05, 0) is 34.6 Å². The summed E-state index contributed by atoms with van der Waals surface area (Å²) in [6.07, 6.45) is 2.76. The van der Waals surface area contributed by atoms with E-state index in [0.29, 0.717) is 12.1 Å². The first-order valence-corrected chi connectivity index (χ1v) is 10.7. The number of aliphatic hydroxyl groups excluding tert-OH is 1. The van der Waals surface area contributed by atoms with Gasteiger partial charge in [0.05, 0.1) is 30.6 Å². The molecule has 0 fully saturated rings. The Kier molecular flexibility index (Phi) is 13.5. The smallest absolute Gasteiger partial charge is 0.333 e. The highest BCUT2D eigenvalue weighted by Crippen LogP contribution is 2.62. The Balaban J connectivity index is 0. The number of carbonyl (C=O) groups is 2. The van der Waals surface area contributed by atoms with E-state index < -0.39 is 19.3 Å². The maximum Gasteiger partial charge on any atom is 0.333 e. The molecular formula is C17H32ClO5P. The average molecular weight is 383 g/mol. The second-order valence-electron chi connectivity index (χ2n) is 5.94. The number of carbonyl (C=O) groups excluding carboxylic acids is 2. The van der Waals surface area contributed by atoms with Crippen molar-refractivity contribution < 1.29 is 36.6 Å². The maximum atomic E-state index is 12.0. The van der Waals surface area contributed by atoms with Crippen LogP contribution in [0.2, 0.25) is 0 Å². The molecule has 0 radical (unpaired) electrons. The van der Waals surface area contributed by atoms with E-state index in [-0.39, 0.29) is 37.2 Å². The lowest BCUT2D eigenvalue weighted by Crippen LogP contribution is -3.00.